The van der Waals surface area contributed by atoms with Crippen molar-refractivity contribution in [3.8, 4) is 0 Å². The quantitative estimate of drug-likeness (QED) is 0.00295. The molecule has 6 unspecified atom stereocenters. The minimum atomic E-state index is -1.70. The van der Waals surface area contributed by atoms with Crippen LogP contribution < -0.4 is 30.5 Å². The van der Waals surface area contributed by atoms with Crippen molar-refractivity contribution in [1.82, 2.24) is 30.5 Å². The predicted molar refractivity (Wildman–Crippen MR) is 503 cm³/mol. The van der Waals surface area contributed by atoms with Crippen LogP contribution in [0, 0.1) is 23.7 Å². The van der Waals surface area contributed by atoms with Crippen molar-refractivity contribution in [3.63, 3.8) is 0 Å². The number of hydrogen-bond acceptors (Lipinski definition) is 18. The van der Waals surface area contributed by atoms with Gasteiger partial charge in [-0.15, -0.1) is 0 Å². The van der Waals surface area contributed by atoms with Gasteiger partial charge in [0.1, 0.15) is 11.8 Å². The van der Waals surface area contributed by atoms with E-state index in [1.165, 1.54) is 17.3 Å². The number of carboxylic acid groups (broad SMARTS) is 1. The van der Waals surface area contributed by atoms with Gasteiger partial charge in [0.05, 0.1) is 56.8 Å². The number of rotatable bonds is 37. The van der Waals surface area contributed by atoms with Gasteiger partial charge in [-0.25, -0.2) is 0 Å². The number of halogens is 2. The van der Waals surface area contributed by atoms with E-state index in [4.69, 9.17) is 45.1 Å². The first kappa shape index (κ1) is 120. The first-order valence-electron chi connectivity index (χ1n) is 37.0. The number of nitrogens with zero attached hydrogens (tertiary/aromatic N) is 3. The number of thioether (sulfide) groups is 1. The Morgan fingerprint density at radius 1 is 0.587 bits per heavy atom. The molecule has 3 rings (SSSR count). The largest absolute Gasteiger partial charge is 2.00 e. The maximum atomic E-state index is 11.7. The molecule has 19 atom stereocenters. The molecule has 0 aromatic heterocycles. The molecule has 3 aromatic rings. The molecule has 3 aromatic carbocycles. The molecule has 0 radical (unpaired) electrons. The molecule has 33 heteroatoms. The van der Waals surface area contributed by atoms with Crippen molar-refractivity contribution >= 4 is 159 Å². The van der Waals surface area contributed by atoms with Crippen molar-refractivity contribution in [1.29, 1.82) is 0 Å². The van der Waals surface area contributed by atoms with Gasteiger partial charge in [-0.2, -0.15) is 11.1 Å². The molecule has 0 aliphatic carbocycles. The molecule has 0 bridgehead atoms. The van der Waals surface area contributed by atoms with Gasteiger partial charge in [-0.05, 0) is 161 Å². The number of ether oxygens (including phenoxy) is 2. The molecule has 0 amide bonds. The Hall–Kier alpha value is 0.117. The van der Waals surface area contributed by atoms with E-state index in [1.54, 1.807) is 19.9 Å². The molecule has 20 nitrogen and oxygen atoms in total. The standard InChI is InChI=1S/C14H22NO2P.C13H31N4OPSi.C13H32NO2PSi.C11H15BrO.C9H12NOPS.C7H16NO2P.C6H15ClSi.C3H8NO2P.Mg.2H/c1-11(8-14(16)12(2)15-18)9-17-10-13-6-4-3-5-7-13;1-10(8-12(15-17-14)11(2)16-19)9-18-20(6,7)13(3,4)5;1-10(8-12(15)11(2)14-17)9-16-18(6,7)13(3,4)5;1-10(7-12)8-13-9-11-5-3-2-4-6-11;1-7(10-12)9(11)13-8-5-3-2-4-6-8;1-5(4-9)3-7(10)6(2)8-11;1-6(2,3)8(4,5)7;1-2(4-7)3(5)6;;;/h3-7,11-12,15H,8-10,18H2,1-2H3;10-12,16H,8-9,19H2,1-7H3;10-12,14-15H,8-9,17H2,1-7H3;2-6,10H,7-9H2,1H3;2-7,10H,12H2,1H3;3,6-10H,4,11H2,1-2H3;1-5H3;2,4H,7H2,1H3,(H,5,6);;;/q;;;;;;;;+2;2*-1/b;;;;;5-3+;;;;;/t11-,12+;10-,11+,12+;10-,11+,12-;10-;7-;6-,7+;;2-;;;/m111100.0.../s1. The van der Waals surface area contributed by atoms with E-state index in [2.05, 4.69) is 247 Å². The summed E-state index contributed by atoms with van der Waals surface area (Å²) in [5.74, 6) is 0.983. The number of aliphatic hydroxyl groups excluding tert-OH is 3. The second-order valence-electron chi connectivity index (χ2n) is 32.2. The van der Waals surface area contributed by atoms with Crippen molar-refractivity contribution in [2.45, 2.75) is 285 Å². The second kappa shape index (κ2) is 67.0. The molecule has 632 valence electrons. The number of ketones is 1. The van der Waals surface area contributed by atoms with E-state index >= 15 is 0 Å². The van der Waals surface area contributed by atoms with Crippen molar-refractivity contribution in [2.75, 3.05) is 38.4 Å². The van der Waals surface area contributed by atoms with Crippen LogP contribution in [0.4, 0.5) is 0 Å². The van der Waals surface area contributed by atoms with Crippen LogP contribution in [0.5, 0.6) is 0 Å². The Bertz CT molecular complexity index is 2850. The van der Waals surface area contributed by atoms with E-state index in [9.17, 15) is 24.6 Å². The number of nitrogens with one attached hydrogen (secondary N) is 6. The summed E-state index contributed by atoms with van der Waals surface area (Å²) in [6.45, 7) is 59.2. The number of alkyl halides is 1. The van der Waals surface area contributed by atoms with Crippen LogP contribution in [0.3, 0.4) is 0 Å². The average Bonchev–Trinajstić information content (AvgIpc) is 0.844. The monoisotopic (exact) mass is 1810 g/mol. The molecule has 0 saturated heterocycles. The SMILES string of the molecule is C/C(=C\[C@@H](O)[C@H](C)NP)CO.CC(C)(C)[Si](C)(C)Cl.C[C@@H](COCc1ccccc1)CC(=O)[C@H](C)NP.C[C@@H](CO[Si](C)(C)C(C)(C)C)C[C@@H](O)[C@H](C)NP.C[C@@H](CO[Si](C)(C)C(C)(C)C)C[C@H](N=[N+]=[N-])[C@H](C)NP.C[C@H](CBr)COCc1ccccc1.C[C@H](NP)C(=O)O.C[C@H](NP)C(=O)Sc1ccccc1.[H-].[H-].[Mg+2]. The maximum Gasteiger partial charge on any atom is 2.00 e. The zero-order valence-electron chi connectivity index (χ0n) is 73.3. The zero-order valence-corrected chi connectivity index (χ0v) is 85.8. The van der Waals surface area contributed by atoms with Gasteiger partial charge in [0.15, 0.2) is 24.0 Å². The number of aliphatic hydroxyl groups is 3. The molecule has 0 fully saturated rings. The van der Waals surface area contributed by atoms with Gasteiger partial charge in [0.2, 0.25) is 5.12 Å². The van der Waals surface area contributed by atoms with Gasteiger partial charge < -0.3 is 41.6 Å². The van der Waals surface area contributed by atoms with Crippen LogP contribution in [-0.2, 0) is 45.9 Å². The van der Waals surface area contributed by atoms with E-state index in [0.717, 1.165) is 60.6 Å². The molecule has 0 aliphatic heterocycles. The number of carbonyl (C=O) groups excluding carboxylic acids is 2. The number of carboxylic acids is 1. The third-order valence-electron chi connectivity index (χ3n) is 18.3. The van der Waals surface area contributed by atoms with Crippen LogP contribution in [0.25, 0.3) is 10.4 Å². The van der Waals surface area contributed by atoms with E-state index in [1.807, 2.05) is 120 Å². The number of hydrogen-bond donors (Lipinski definition) is 10. The maximum absolute atomic E-state index is 11.7. The van der Waals surface area contributed by atoms with Crippen LogP contribution in [0.15, 0.2) is 113 Å². The topological polar surface area (TPSA) is 290 Å². The number of aliphatic carboxylic acids is 1. The minimum absolute atomic E-state index is 0. The summed E-state index contributed by atoms with van der Waals surface area (Å²) in [5.41, 5.74) is 11.8. The number of carbonyl (C=O) groups is 3. The zero-order chi connectivity index (χ0) is 84.8. The Kier molecular flexibility index (Phi) is 73.7. The number of Topliss-reactive ketones (excluding diaryl/α,β-unsaturated/α-hetero) is 1. The Morgan fingerprint density at radius 2 is 0.963 bits per heavy atom. The van der Waals surface area contributed by atoms with Crippen molar-refractivity contribution in [2.24, 2.45) is 28.8 Å². The molecule has 0 aliphatic rings. The minimum Gasteiger partial charge on any atom is -1.00 e. The van der Waals surface area contributed by atoms with Crippen LogP contribution in [0.2, 0.25) is 54.4 Å². The predicted octanol–water partition coefficient (Wildman–Crippen LogP) is 18.5. The smallest absolute Gasteiger partial charge is 1.00 e. The van der Waals surface area contributed by atoms with Gasteiger partial charge in [0.25, 0.3) is 0 Å². The first-order chi connectivity index (χ1) is 49.8. The summed E-state index contributed by atoms with van der Waals surface area (Å²) in [7, 11) is 9.38. The Balaban J connectivity index is -0.000000185. The van der Waals surface area contributed by atoms with Crippen LogP contribution >= 0.6 is 95.1 Å². The fourth-order valence-corrected chi connectivity index (χ4v) is 11.4. The third kappa shape index (κ3) is 63.8. The number of azide groups is 1. The number of benzene rings is 3. The molecule has 109 heavy (non-hydrogen) atoms. The molecular formula is C76H153BrClMgN9O11P6SSi3. The van der Waals surface area contributed by atoms with E-state index in [0.29, 0.717) is 42.4 Å². The molecule has 10 N–H and O–H groups in total. The Labute approximate surface area is 716 Å². The van der Waals surface area contributed by atoms with Crippen LogP contribution in [0.1, 0.15) is 172 Å². The second-order valence-corrected chi connectivity index (χ2v) is 52.8. The van der Waals surface area contributed by atoms with Gasteiger partial charge in [-0.1, -0.05) is 277 Å². The summed E-state index contributed by atoms with van der Waals surface area (Å²) < 4.78 is 23.6. The molecular weight excluding hydrogens is 1660 g/mol. The van der Waals surface area contributed by atoms with Gasteiger partial charge in [-0.3, -0.25) is 44.9 Å². The normalized spacial score (nSPS) is 15.3. The van der Waals surface area contributed by atoms with Crippen molar-refractivity contribution < 1.29 is 56.0 Å². The molecule has 0 spiro atoms. The van der Waals surface area contributed by atoms with E-state index in [-0.39, 0.29) is 102 Å². The van der Waals surface area contributed by atoms with E-state index < -0.39 is 42.1 Å². The summed E-state index contributed by atoms with van der Waals surface area (Å²) in [6.07, 6.45) is 2.94. The summed E-state index contributed by atoms with van der Waals surface area (Å²) >= 11 is 10.8. The molecule has 0 saturated carbocycles. The summed E-state index contributed by atoms with van der Waals surface area (Å²) in [6, 6.07) is 29.4. The van der Waals surface area contributed by atoms with Crippen molar-refractivity contribution in [3.05, 3.63) is 124 Å². The van der Waals surface area contributed by atoms with Crippen LogP contribution in [-0.4, -0.2) is 177 Å². The first-order valence-corrected chi connectivity index (χ1v) is 52.3. The average molecular weight is 1810 g/mol. The fourth-order valence-electron chi connectivity index (χ4n) is 6.98. The third-order valence-corrected chi connectivity index (χ3v) is 37.8. The van der Waals surface area contributed by atoms with Gasteiger partial charge >= 0.3 is 29.0 Å². The Morgan fingerprint density at radius 3 is 1.28 bits per heavy atom. The van der Waals surface area contributed by atoms with Gasteiger partial charge in [0, 0.05) is 59.5 Å². The molecule has 0 heterocycles. The fraction of sp³-hybridized carbons (Fsp3) is 0.697. The summed E-state index contributed by atoms with van der Waals surface area (Å²) in [5, 5.41) is 59.0. The summed E-state index contributed by atoms with van der Waals surface area (Å²) in [4.78, 5) is 36.9.